The lowest BCUT2D eigenvalue weighted by Crippen LogP contribution is -2.49. The van der Waals surface area contributed by atoms with Crippen molar-refractivity contribution in [2.24, 2.45) is 0 Å². The van der Waals surface area contributed by atoms with E-state index in [1.54, 1.807) is 6.92 Å². The van der Waals surface area contributed by atoms with Crippen molar-refractivity contribution in [1.29, 1.82) is 0 Å². The zero-order valence-electron chi connectivity index (χ0n) is 10.6. The van der Waals surface area contributed by atoms with E-state index in [2.05, 4.69) is 15.6 Å². The maximum absolute atomic E-state index is 11.8. The number of sulfone groups is 1. The number of hydrogen-bond acceptors (Lipinski definition) is 5. The summed E-state index contributed by atoms with van der Waals surface area (Å²) in [5.74, 6) is -0.127. The molecule has 0 saturated carbocycles. The number of rotatable bonds is 2. The molecular weight excluding hydrogens is 288 g/mol. The second-order valence-electron chi connectivity index (χ2n) is 4.97. The highest BCUT2D eigenvalue weighted by Gasteiger charge is 2.39. The number of carbonyl (C=O) groups excluding carboxylic acids is 1. The van der Waals surface area contributed by atoms with Gasteiger partial charge in [-0.2, -0.15) is 0 Å². The molecule has 2 heterocycles. The zero-order valence-corrected chi connectivity index (χ0v) is 11.5. The summed E-state index contributed by atoms with van der Waals surface area (Å²) in [5.41, 5.74) is -2.42. The van der Waals surface area contributed by atoms with Crippen LogP contribution in [0.4, 0.5) is 10.5 Å². The van der Waals surface area contributed by atoms with Crippen molar-refractivity contribution in [2.45, 2.75) is 18.9 Å². The van der Waals surface area contributed by atoms with Crippen molar-refractivity contribution < 1.29 is 13.2 Å². The minimum atomic E-state index is -3.14. The summed E-state index contributed by atoms with van der Waals surface area (Å²) in [6.07, 6.45) is 1.37. The van der Waals surface area contributed by atoms with Crippen LogP contribution in [0.3, 0.4) is 0 Å². The van der Waals surface area contributed by atoms with Gasteiger partial charge in [-0.3, -0.25) is 9.78 Å². The molecule has 1 saturated heterocycles. The molecule has 1 fully saturated rings. The number of H-pyrrole nitrogens is 2. The summed E-state index contributed by atoms with van der Waals surface area (Å²) >= 11 is 0. The molecule has 0 aromatic carbocycles. The van der Waals surface area contributed by atoms with E-state index in [-0.39, 0.29) is 17.2 Å². The lowest BCUT2D eigenvalue weighted by Gasteiger charge is -2.23. The van der Waals surface area contributed by atoms with Crippen LogP contribution < -0.4 is 21.9 Å². The number of urea groups is 1. The fourth-order valence-electron chi connectivity index (χ4n) is 2.04. The SMILES string of the molecule is C[C@@]1(NC(=O)Nc2c[nH]c(=O)[nH]c2=O)CCS(=O)(=O)C1. The molecule has 0 unspecified atom stereocenters. The van der Waals surface area contributed by atoms with Gasteiger partial charge in [0.1, 0.15) is 5.69 Å². The first-order valence-corrected chi connectivity index (χ1v) is 7.63. The summed E-state index contributed by atoms with van der Waals surface area (Å²) in [5, 5.41) is 4.79. The van der Waals surface area contributed by atoms with Gasteiger partial charge >= 0.3 is 11.7 Å². The normalized spacial score (nSPS) is 24.2. The van der Waals surface area contributed by atoms with Gasteiger partial charge in [-0.15, -0.1) is 0 Å². The van der Waals surface area contributed by atoms with Gasteiger partial charge in [-0.1, -0.05) is 0 Å². The van der Waals surface area contributed by atoms with Crippen molar-refractivity contribution in [1.82, 2.24) is 15.3 Å². The van der Waals surface area contributed by atoms with E-state index in [0.29, 0.717) is 6.42 Å². The standard InChI is InChI=1S/C10H14N4O5S/c1-10(2-3-20(18,19)5-10)14-9(17)12-6-4-11-8(16)13-7(6)15/h4H,2-3,5H2,1H3,(H2,12,14,17)(H2,11,13,15,16)/t10-/m1/s1. The van der Waals surface area contributed by atoms with E-state index in [1.165, 1.54) is 0 Å². The summed E-state index contributed by atoms with van der Waals surface area (Å²) < 4.78 is 22.8. The molecule has 20 heavy (non-hydrogen) atoms. The topological polar surface area (TPSA) is 141 Å². The number of aromatic nitrogens is 2. The molecule has 4 N–H and O–H groups in total. The molecule has 0 bridgehead atoms. The van der Waals surface area contributed by atoms with Gasteiger partial charge < -0.3 is 15.6 Å². The Morgan fingerprint density at radius 1 is 1.40 bits per heavy atom. The van der Waals surface area contributed by atoms with Crippen LogP contribution in [-0.2, 0) is 9.84 Å². The predicted octanol–water partition coefficient (Wildman–Crippen LogP) is -1.24. The minimum Gasteiger partial charge on any atom is -0.332 e. The summed E-state index contributed by atoms with van der Waals surface area (Å²) in [7, 11) is -3.14. The summed E-state index contributed by atoms with van der Waals surface area (Å²) in [4.78, 5) is 38.1. The number of carbonyl (C=O) groups is 1. The van der Waals surface area contributed by atoms with Crippen molar-refractivity contribution in [3.8, 4) is 0 Å². The highest BCUT2D eigenvalue weighted by molar-refractivity contribution is 7.91. The molecule has 1 atom stereocenters. The fraction of sp³-hybridized carbons (Fsp3) is 0.500. The molecule has 1 aromatic rings. The number of hydrogen-bond donors (Lipinski definition) is 4. The van der Waals surface area contributed by atoms with Crippen LogP contribution in [0.5, 0.6) is 0 Å². The van der Waals surface area contributed by atoms with Crippen LogP contribution in [0.25, 0.3) is 0 Å². The molecule has 110 valence electrons. The largest absolute Gasteiger partial charge is 0.332 e. The molecular formula is C10H14N4O5S. The first kappa shape index (κ1) is 14.3. The lowest BCUT2D eigenvalue weighted by molar-refractivity contribution is 0.242. The third kappa shape index (κ3) is 3.26. The van der Waals surface area contributed by atoms with E-state index in [1.807, 2.05) is 4.98 Å². The second-order valence-corrected chi connectivity index (χ2v) is 7.15. The summed E-state index contributed by atoms with van der Waals surface area (Å²) in [6.45, 7) is 1.62. The number of anilines is 1. The molecule has 0 radical (unpaired) electrons. The molecule has 0 aliphatic carbocycles. The molecule has 10 heteroatoms. The van der Waals surface area contributed by atoms with Crippen LogP contribution in [0.1, 0.15) is 13.3 Å². The van der Waals surface area contributed by atoms with E-state index < -0.39 is 32.7 Å². The second kappa shape index (κ2) is 4.78. The third-order valence-corrected chi connectivity index (χ3v) is 4.89. The minimum absolute atomic E-state index is 0.0169. The first-order chi connectivity index (χ1) is 9.19. The Hall–Kier alpha value is -2.10. The van der Waals surface area contributed by atoms with Gasteiger partial charge in [-0.25, -0.2) is 18.0 Å². The highest BCUT2D eigenvalue weighted by atomic mass is 32.2. The van der Waals surface area contributed by atoms with Crippen LogP contribution >= 0.6 is 0 Å². The van der Waals surface area contributed by atoms with Crippen molar-refractivity contribution in [3.63, 3.8) is 0 Å². The maximum Gasteiger partial charge on any atom is 0.325 e. The quantitative estimate of drug-likeness (QED) is 0.541. The molecule has 1 aliphatic rings. The lowest BCUT2D eigenvalue weighted by atomic mass is 10.0. The van der Waals surface area contributed by atoms with Crippen LogP contribution in [-0.4, -0.2) is 41.5 Å². The Labute approximate surface area is 113 Å². The first-order valence-electron chi connectivity index (χ1n) is 5.81. The van der Waals surface area contributed by atoms with Crippen LogP contribution in [0, 0.1) is 0 Å². The molecule has 2 rings (SSSR count). The Morgan fingerprint density at radius 2 is 2.10 bits per heavy atom. The Kier molecular flexibility index (Phi) is 3.42. The van der Waals surface area contributed by atoms with Gasteiger partial charge in [0.05, 0.1) is 17.0 Å². The molecule has 2 amide bonds. The Bertz CT molecular complexity index is 749. The van der Waals surface area contributed by atoms with Crippen LogP contribution in [0.15, 0.2) is 15.8 Å². The Balaban J connectivity index is 2.07. The van der Waals surface area contributed by atoms with Gasteiger partial charge in [-0.05, 0) is 13.3 Å². The number of amides is 2. The maximum atomic E-state index is 11.8. The average Bonchev–Trinajstić information content (AvgIpc) is 2.56. The zero-order chi connectivity index (χ0) is 15.0. The summed E-state index contributed by atoms with van der Waals surface area (Å²) in [6, 6.07) is -0.706. The van der Waals surface area contributed by atoms with Gasteiger partial charge in [0.2, 0.25) is 0 Å². The van der Waals surface area contributed by atoms with E-state index in [0.717, 1.165) is 6.20 Å². The van der Waals surface area contributed by atoms with Gasteiger partial charge in [0.25, 0.3) is 5.56 Å². The van der Waals surface area contributed by atoms with Crippen molar-refractivity contribution in [3.05, 3.63) is 27.0 Å². The predicted molar refractivity (Wildman–Crippen MR) is 71.5 cm³/mol. The highest BCUT2D eigenvalue weighted by Crippen LogP contribution is 2.22. The Morgan fingerprint density at radius 3 is 2.65 bits per heavy atom. The number of aromatic amines is 2. The molecule has 0 spiro atoms. The van der Waals surface area contributed by atoms with Crippen LogP contribution in [0.2, 0.25) is 0 Å². The van der Waals surface area contributed by atoms with E-state index >= 15 is 0 Å². The van der Waals surface area contributed by atoms with Gasteiger partial charge in [0.15, 0.2) is 9.84 Å². The van der Waals surface area contributed by atoms with Crippen molar-refractivity contribution >= 4 is 21.6 Å². The van der Waals surface area contributed by atoms with E-state index in [4.69, 9.17) is 0 Å². The fourth-order valence-corrected chi connectivity index (χ4v) is 4.13. The third-order valence-electron chi connectivity index (χ3n) is 2.99. The van der Waals surface area contributed by atoms with Gasteiger partial charge in [0, 0.05) is 6.20 Å². The molecule has 1 aromatic heterocycles. The van der Waals surface area contributed by atoms with Crippen molar-refractivity contribution in [2.75, 3.05) is 16.8 Å². The number of nitrogens with one attached hydrogen (secondary N) is 4. The molecule has 1 aliphatic heterocycles. The molecule has 9 nitrogen and oxygen atoms in total. The average molecular weight is 302 g/mol. The van der Waals surface area contributed by atoms with E-state index in [9.17, 15) is 22.8 Å². The monoisotopic (exact) mass is 302 g/mol. The smallest absolute Gasteiger partial charge is 0.325 e.